The molecule has 0 radical (unpaired) electrons. The van der Waals surface area contributed by atoms with Crippen LogP contribution in [0.3, 0.4) is 0 Å². The molecule has 0 atom stereocenters. The molecule has 0 saturated carbocycles. The maximum atomic E-state index is 12.7. The lowest BCUT2D eigenvalue weighted by Crippen LogP contribution is -2.51. The number of carbonyl (C=O) groups is 3. The largest absolute Gasteiger partial charge is 0.280 e. The van der Waals surface area contributed by atoms with Crippen LogP contribution in [0.5, 0.6) is 0 Å². The normalized spacial score (nSPS) is 13.2. The molecule has 0 bridgehead atoms. The Hall–Kier alpha value is -3.47. The van der Waals surface area contributed by atoms with E-state index < -0.39 is 17.7 Å². The molecule has 3 amide bonds. The molecule has 3 aromatic rings. The SMILES string of the molecule is Cc1ccc(C(=O)NN2C(=O)c3cccc4cccc(c34)C2=O)cc1. The average Bonchev–Trinajstić information content (AvgIpc) is 2.63. The maximum absolute atomic E-state index is 12.7. The molecule has 5 heteroatoms. The topological polar surface area (TPSA) is 66.5 Å². The minimum Gasteiger partial charge on any atom is -0.267 e. The number of carbonyl (C=O) groups excluding carboxylic acids is 3. The van der Waals surface area contributed by atoms with Crippen molar-refractivity contribution in [1.82, 2.24) is 10.4 Å². The second kappa shape index (κ2) is 5.56. The zero-order chi connectivity index (χ0) is 17.6. The lowest BCUT2D eigenvalue weighted by molar-refractivity contribution is 0.0479. The Morgan fingerprint density at radius 1 is 0.840 bits per heavy atom. The van der Waals surface area contributed by atoms with Crippen molar-refractivity contribution < 1.29 is 14.4 Å². The van der Waals surface area contributed by atoms with E-state index in [-0.39, 0.29) is 0 Å². The molecular formula is C20H14N2O3. The summed E-state index contributed by atoms with van der Waals surface area (Å²) >= 11 is 0. The fourth-order valence-corrected chi connectivity index (χ4v) is 3.00. The number of amides is 3. The predicted octanol–water partition coefficient (Wildman–Crippen LogP) is 3.09. The smallest absolute Gasteiger partial charge is 0.267 e. The van der Waals surface area contributed by atoms with Gasteiger partial charge in [-0.25, -0.2) is 0 Å². The van der Waals surface area contributed by atoms with Gasteiger partial charge in [0.25, 0.3) is 17.7 Å². The van der Waals surface area contributed by atoms with Crippen LogP contribution in [-0.4, -0.2) is 22.7 Å². The molecule has 1 aliphatic heterocycles. The van der Waals surface area contributed by atoms with Crippen LogP contribution < -0.4 is 5.43 Å². The van der Waals surface area contributed by atoms with E-state index in [1.807, 2.05) is 19.1 Å². The van der Waals surface area contributed by atoms with Crippen molar-refractivity contribution >= 4 is 28.5 Å². The molecular weight excluding hydrogens is 316 g/mol. The predicted molar refractivity (Wildman–Crippen MR) is 93.1 cm³/mol. The number of hydrogen-bond donors (Lipinski definition) is 1. The molecule has 0 fully saturated rings. The van der Waals surface area contributed by atoms with Gasteiger partial charge in [-0.05, 0) is 36.6 Å². The van der Waals surface area contributed by atoms with Crippen molar-refractivity contribution in [1.29, 1.82) is 0 Å². The van der Waals surface area contributed by atoms with Gasteiger partial charge in [0.15, 0.2) is 0 Å². The van der Waals surface area contributed by atoms with E-state index in [1.54, 1.807) is 48.5 Å². The van der Waals surface area contributed by atoms with Crippen molar-refractivity contribution in [3.8, 4) is 0 Å². The summed E-state index contributed by atoms with van der Waals surface area (Å²) < 4.78 is 0. The summed E-state index contributed by atoms with van der Waals surface area (Å²) in [5, 5.41) is 2.24. The second-order valence-electron chi connectivity index (χ2n) is 5.96. The van der Waals surface area contributed by atoms with Gasteiger partial charge in [0.2, 0.25) is 0 Å². The number of nitrogens with one attached hydrogen (secondary N) is 1. The van der Waals surface area contributed by atoms with Crippen LogP contribution in [0, 0.1) is 6.92 Å². The van der Waals surface area contributed by atoms with E-state index in [2.05, 4.69) is 5.43 Å². The first-order valence-corrected chi connectivity index (χ1v) is 7.84. The van der Waals surface area contributed by atoms with Gasteiger partial charge in [0, 0.05) is 10.9 Å². The van der Waals surface area contributed by atoms with Crippen LogP contribution in [0.2, 0.25) is 0 Å². The summed E-state index contributed by atoms with van der Waals surface area (Å²) in [4.78, 5) is 37.9. The van der Waals surface area contributed by atoms with E-state index in [0.717, 1.165) is 16.0 Å². The van der Waals surface area contributed by atoms with E-state index >= 15 is 0 Å². The highest BCUT2D eigenvalue weighted by Crippen LogP contribution is 2.29. The zero-order valence-corrected chi connectivity index (χ0v) is 13.4. The summed E-state index contributed by atoms with van der Waals surface area (Å²) in [6.07, 6.45) is 0. The summed E-state index contributed by atoms with van der Waals surface area (Å²) in [6.45, 7) is 1.91. The monoisotopic (exact) mass is 330 g/mol. The van der Waals surface area contributed by atoms with Crippen LogP contribution in [0.25, 0.3) is 10.8 Å². The van der Waals surface area contributed by atoms with E-state index in [1.165, 1.54) is 0 Å². The Bertz CT molecular complexity index is 988. The van der Waals surface area contributed by atoms with Gasteiger partial charge in [-0.2, -0.15) is 5.01 Å². The first-order valence-electron chi connectivity index (χ1n) is 7.84. The Kier molecular flexibility index (Phi) is 3.35. The molecule has 0 aliphatic carbocycles. The van der Waals surface area contributed by atoms with Gasteiger partial charge in [-0.1, -0.05) is 42.0 Å². The van der Waals surface area contributed by atoms with Crippen molar-refractivity contribution in [2.45, 2.75) is 6.92 Å². The Balaban J connectivity index is 1.73. The standard InChI is InChI=1S/C20H14N2O3/c1-12-8-10-14(11-9-12)18(23)21-22-19(24)15-6-2-4-13-5-3-7-16(17(13)15)20(22)25/h2-11H,1H3,(H,21,23). The van der Waals surface area contributed by atoms with Crippen molar-refractivity contribution in [3.05, 3.63) is 82.9 Å². The number of benzene rings is 3. The van der Waals surface area contributed by atoms with Gasteiger partial charge in [-0.15, -0.1) is 0 Å². The number of imide groups is 1. The molecule has 0 aromatic heterocycles. The molecule has 0 unspecified atom stereocenters. The number of aryl methyl sites for hydroxylation is 1. The molecule has 122 valence electrons. The third kappa shape index (κ3) is 2.37. The van der Waals surface area contributed by atoms with Crippen LogP contribution >= 0.6 is 0 Å². The van der Waals surface area contributed by atoms with Crippen LogP contribution in [0.1, 0.15) is 36.6 Å². The van der Waals surface area contributed by atoms with Gasteiger partial charge in [0.1, 0.15) is 0 Å². The van der Waals surface area contributed by atoms with Crippen molar-refractivity contribution in [3.63, 3.8) is 0 Å². The number of hydrazine groups is 1. The molecule has 1 aliphatic rings. The van der Waals surface area contributed by atoms with E-state index in [0.29, 0.717) is 22.1 Å². The highest BCUT2D eigenvalue weighted by molar-refractivity contribution is 6.25. The third-order valence-corrected chi connectivity index (χ3v) is 4.30. The van der Waals surface area contributed by atoms with Gasteiger partial charge in [0.05, 0.1) is 11.1 Å². The van der Waals surface area contributed by atoms with E-state index in [9.17, 15) is 14.4 Å². The maximum Gasteiger partial charge on any atom is 0.280 e. The molecule has 5 nitrogen and oxygen atoms in total. The Labute approximate surface area is 143 Å². The number of hydrogen-bond acceptors (Lipinski definition) is 3. The highest BCUT2D eigenvalue weighted by Gasteiger charge is 2.34. The number of nitrogens with zero attached hydrogens (tertiary/aromatic N) is 1. The first kappa shape index (κ1) is 15.1. The van der Waals surface area contributed by atoms with E-state index in [4.69, 9.17) is 0 Å². The van der Waals surface area contributed by atoms with Crippen molar-refractivity contribution in [2.75, 3.05) is 0 Å². The molecule has 25 heavy (non-hydrogen) atoms. The highest BCUT2D eigenvalue weighted by atomic mass is 16.2. The lowest BCUT2D eigenvalue weighted by Gasteiger charge is -2.27. The summed E-state index contributed by atoms with van der Waals surface area (Å²) in [7, 11) is 0. The average molecular weight is 330 g/mol. The fraction of sp³-hybridized carbons (Fsp3) is 0.0500. The Morgan fingerprint density at radius 2 is 1.40 bits per heavy atom. The quantitative estimate of drug-likeness (QED) is 0.734. The first-order chi connectivity index (χ1) is 12.1. The van der Waals surface area contributed by atoms with Crippen LogP contribution in [-0.2, 0) is 0 Å². The second-order valence-corrected chi connectivity index (χ2v) is 5.96. The minimum absolute atomic E-state index is 0.378. The molecule has 1 N–H and O–H groups in total. The lowest BCUT2D eigenvalue weighted by atomic mass is 9.95. The minimum atomic E-state index is -0.533. The summed E-state index contributed by atoms with van der Waals surface area (Å²) in [5.41, 5.74) is 4.63. The molecule has 0 spiro atoms. The summed E-state index contributed by atoms with van der Waals surface area (Å²) in [6, 6.07) is 17.4. The molecule has 3 aromatic carbocycles. The van der Waals surface area contributed by atoms with Gasteiger partial charge >= 0.3 is 0 Å². The number of rotatable bonds is 2. The van der Waals surface area contributed by atoms with Gasteiger partial charge < -0.3 is 0 Å². The van der Waals surface area contributed by atoms with Crippen LogP contribution in [0.15, 0.2) is 60.7 Å². The third-order valence-electron chi connectivity index (χ3n) is 4.30. The summed E-state index contributed by atoms with van der Waals surface area (Å²) in [5.74, 6) is -1.57. The molecule has 1 heterocycles. The zero-order valence-electron chi connectivity index (χ0n) is 13.4. The molecule has 0 saturated heterocycles. The van der Waals surface area contributed by atoms with Crippen LogP contribution in [0.4, 0.5) is 0 Å². The van der Waals surface area contributed by atoms with Crippen molar-refractivity contribution in [2.24, 2.45) is 0 Å². The fourth-order valence-electron chi connectivity index (χ4n) is 3.00. The molecule has 4 rings (SSSR count). The Morgan fingerprint density at radius 3 is 1.96 bits per heavy atom. The van der Waals surface area contributed by atoms with Gasteiger partial charge in [-0.3, -0.25) is 19.8 Å².